The van der Waals surface area contributed by atoms with Gasteiger partial charge < -0.3 is 9.80 Å². The van der Waals surface area contributed by atoms with Gasteiger partial charge >= 0.3 is 0 Å². The molecule has 1 unspecified atom stereocenters. The molecule has 2 N–H and O–H groups in total. The molecule has 0 saturated heterocycles. The summed E-state index contributed by atoms with van der Waals surface area (Å²) in [5.41, 5.74) is 6.53. The lowest BCUT2D eigenvalue weighted by atomic mass is 9.68. The smallest absolute Gasteiger partial charge is 0.264 e. The van der Waals surface area contributed by atoms with Gasteiger partial charge in [0.05, 0.1) is 17.0 Å². The first kappa shape index (κ1) is 37.4. The molecule has 49 heavy (non-hydrogen) atoms. The van der Waals surface area contributed by atoms with E-state index in [1.807, 2.05) is 30.3 Å². The van der Waals surface area contributed by atoms with Gasteiger partial charge in [-0.1, -0.05) is 101 Å². The average Bonchev–Trinajstić information content (AvgIpc) is 3.35. The van der Waals surface area contributed by atoms with Gasteiger partial charge in [-0.15, -0.1) is 0 Å². The molecule has 0 aromatic heterocycles. The van der Waals surface area contributed by atoms with Gasteiger partial charge in [-0.05, 0) is 79.0 Å². The molecule has 1 atom stereocenters. The number of anilines is 2. The number of halogens is 1. The van der Waals surface area contributed by atoms with Crippen molar-refractivity contribution in [3.05, 3.63) is 106 Å². The molecule has 0 radical (unpaired) electrons. The highest BCUT2D eigenvalue weighted by atomic mass is 35.5. The van der Waals surface area contributed by atoms with E-state index in [1.54, 1.807) is 0 Å². The number of hydrogen-bond donors (Lipinski definition) is 2. The van der Waals surface area contributed by atoms with Crippen LogP contribution in [0.3, 0.4) is 0 Å². The third kappa shape index (κ3) is 7.45. The van der Waals surface area contributed by atoms with Gasteiger partial charge in [-0.2, -0.15) is 16.8 Å². The van der Waals surface area contributed by atoms with Gasteiger partial charge in [0.15, 0.2) is 0 Å². The lowest BCUT2D eigenvalue weighted by molar-refractivity contribution is 0.312. The first-order valence-corrected chi connectivity index (χ1v) is 20.7. The number of allylic oxidation sites excluding steroid dienone is 7. The third-order valence-corrected chi connectivity index (χ3v) is 12.9. The monoisotopic (exact) mass is 728 g/mol. The van der Waals surface area contributed by atoms with Crippen LogP contribution in [0.15, 0.2) is 94.7 Å². The summed E-state index contributed by atoms with van der Waals surface area (Å²) in [5, 5.41) is 0.725. The lowest BCUT2D eigenvalue weighted by Crippen LogP contribution is -2.54. The molecular weight excluding hydrogens is 680 g/mol. The maximum absolute atomic E-state index is 11.6. The Morgan fingerprint density at radius 2 is 1.41 bits per heavy atom. The van der Waals surface area contributed by atoms with E-state index in [0.717, 1.165) is 64.5 Å². The predicted molar refractivity (Wildman–Crippen MR) is 201 cm³/mol. The van der Waals surface area contributed by atoms with Crippen molar-refractivity contribution >= 4 is 43.2 Å². The topological polar surface area (TPSA) is 115 Å². The van der Waals surface area contributed by atoms with Gasteiger partial charge in [-0.25, -0.2) is 0 Å². The number of para-hydroxylation sites is 2. The van der Waals surface area contributed by atoms with Crippen LogP contribution in [0, 0.1) is 0 Å². The molecule has 2 aliphatic heterocycles. The Labute approximate surface area is 297 Å². The second-order valence-electron chi connectivity index (χ2n) is 14.4. The molecule has 2 aromatic carbocycles. The second kappa shape index (κ2) is 14.0. The van der Waals surface area contributed by atoms with Gasteiger partial charge in [0, 0.05) is 46.0 Å². The summed E-state index contributed by atoms with van der Waals surface area (Å²) in [7, 11) is -8.14. The van der Waals surface area contributed by atoms with E-state index in [2.05, 4.69) is 86.9 Å². The Morgan fingerprint density at radius 3 is 2.04 bits per heavy atom. The summed E-state index contributed by atoms with van der Waals surface area (Å²) in [5.74, 6) is -0.597. The molecule has 0 bridgehead atoms. The van der Waals surface area contributed by atoms with Crippen molar-refractivity contribution in [3.63, 3.8) is 0 Å². The van der Waals surface area contributed by atoms with Crippen molar-refractivity contribution in [2.45, 2.75) is 89.5 Å². The normalized spacial score (nSPS) is 23.6. The predicted octanol–water partition coefficient (Wildman–Crippen LogP) is 8.33. The standard InChI is InChI=1S/C38H49ClN2O6S2/c1-6-38(37(4,5)31-17-8-10-19-33(31)41(38)25-13-27-49(45,46)47)23-22-29-15-11-14-28(35(29)39)20-21-34-36(2,3)30-16-7-9-18-32(30)40(34)24-12-26-48(42,43)44/h7-10,16-23H,6,11-15,24-27H2,1-5H3,(H,42,43,44)(H,45,46,47)/b23-22+,28-20+,34-21+. The number of fused-ring (bicyclic) bond motifs is 2. The molecule has 0 fully saturated rings. The van der Waals surface area contributed by atoms with E-state index in [4.69, 9.17) is 11.6 Å². The van der Waals surface area contributed by atoms with Crippen LogP contribution in [-0.4, -0.2) is 56.1 Å². The SMILES string of the molecule is CCC1(/C=C/C2=C(Cl)C(=C/C=C3/N(CCCS(=O)(=O)O)c4ccccc4C3(C)C)/CCC2)N(CCCS(=O)(=O)O)c2ccccc2C1(C)C. The van der Waals surface area contributed by atoms with Gasteiger partial charge in [0.25, 0.3) is 20.2 Å². The van der Waals surface area contributed by atoms with Crippen LogP contribution in [0.2, 0.25) is 0 Å². The molecule has 266 valence electrons. The molecule has 1 aliphatic carbocycles. The van der Waals surface area contributed by atoms with E-state index >= 15 is 0 Å². The van der Waals surface area contributed by atoms with Crippen LogP contribution in [0.25, 0.3) is 0 Å². The van der Waals surface area contributed by atoms with Crippen LogP contribution >= 0.6 is 11.6 Å². The van der Waals surface area contributed by atoms with Crippen molar-refractivity contribution in [2.75, 3.05) is 34.4 Å². The largest absolute Gasteiger partial charge is 0.361 e. The zero-order chi connectivity index (χ0) is 35.8. The Kier molecular flexibility index (Phi) is 10.7. The maximum atomic E-state index is 11.6. The molecular formula is C38H49ClN2O6S2. The van der Waals surface area contributed by atoms with Gasteiger partial charge in [0.2, 0.25) is 0 Å². The Bertz CT molecular complexity index is 1930. The number of rotatable bonds is 12. The second-order valence-corrected chi connectivity index (χ2v) is 17.9. The summed E-state index contributed by atoms with van der Waals surface area (Å²) in [6.07, 6.45) is 12.6. The van der Waals surface area contributed by atoms with Gasteiger partial charge in [-0.3, -0.25) is 9.11 Å². The molecule has 5 rings (SSSR count). The van der Waals surface area contributed by atoms with E-state index in [9.17, 15) is 25.9 Å². The van der Waals surface area contributed by atoms with Crippen molar-refractivity contribution < 1.29 is 25.9 Å². The summed E-state index contributed by atoms with van der Waals surface area (Å²) in [4.78, 5) is 4.46. The molecule has 0 amide bonds. The van der Waals surface area contributed by atoms with Crippen molar-refractivity contribution in [2.24, 2.45) is 0 Å². The van der Waals surface area contributed by atoms with Crippen LogP contribution < -0.4 is 9.80 Å². The first-order valence-electron chi connectivity index (χ1n) is 17.1. The summed E-state index contributed by atoms with van der Waals surface area (Å²) in [6, 6.07) is 16.4. The highest BCUT2D eigenvalue weighted by molar-refractivity contribution is 7.86. The van der Waals surface area contributed by atoms with Crippen LogP contribution in [0.1, 0.15) is 84.3 Å². The molecule has 8 nitrogen and oxygen atoms in total. The first-order chi connectivity index (χ1) is 22.9. The van der Waals surface area contributed by atoms with E-state index < -0.39 is 25.8 Å². The Morgan fingerprint density at radius 1 is 0.816 bits per heavy atom. The fourth-order valence-electron chi connectivity index (χ4n) is 8.21. The minimum Gasteiger partial charge on any atom is -0.361 e. The van der Waals surface area contributed by atoms with E-state index in [1.165, 1.54) is 5.56 Å². The number of nitrogens with zero attached hydrogens (tertiary/aromatic N) is 2. The molecule has 0 saturated carbocycles. The maximum Gasteiger partial charge on any atom is 0.264 e. The van der Waals surface area contributed by atoms with Crippen LogP contribution in [0.5, 0.6) is 0 Å². The van der Waals surface area contributed by atoms with Crippen molar-refractivity contribution in [1.82, 2.24) is 0 Å². The summed E-state index contributed by atoms with van der Waals surface area (Å²) >= 11 is 7.18. The minimum atomic E-state index is -4.08. The van der Waals surface area contributed by atoms with Crippen molar-refractivity contribution in [1.29, 1.82) is 0 Å². The lowest BCUT2D eigenvalue weighted by Gasteiger charge is -2.46. The summed E-state index contributed by atoms with van der Waals surface area (Å²) in [6.45, 7) is 11.9. The third-order valence-electron chi connectivity index (χ3n) is 10.8. The number of hydrogen-bond acceptors (Lipinski definition) is 6. The summed E-state index contributed by atoms with van der Waals surface area (Å²) < 4.78 is 65.0. The Balaban J connectivity index is 1.49. The zero-order valence-corrected chi connectivity index (χ0v) is 31.5. The fraction of sp³-hybridized carbons (Fsp3) is 0.474. The van der Waals surface area contributed by atoms with Crippen LogP contribution in [0.4, 0.5) is 11.4 Å². The molecule has 0 spiro atoms. The van der Waals surface area contributed by atoms with Gasteiger partial charge in [0.1, 0.15) is 0 Å². The molecule has 2 heterocycles. The van der Waals surface area contributed by atoms with Crippen LogP contribution in [-0.2, 0) is 31.1 Å². The highest BCUT2D eigenvalue weighted by Crippen LogP contribution is 2.54. The number of benzene rings is 2. The van der Waals surface area contributed by atoms with Crippen molar-refractivity contribution in [3.8, 4) is 0 Å². The molecule has 3 aliphatic rings. The fourth-order valence-corrected chi connectivity index (χ4v) is 9.51. The quantitative estimate of drug-likeness (QED) is 0.210. The zero-order valence-electron chi connectivity index (χ0n) is 29.1. The highest BCUT2D eigenvalue weighted by Gasteiger charge is 2.54. The Hall–Kier alpha value is -2.89. The van der Waals surface area contributed by atoms with E-state index in [-0.39, 0.29) is 22.3 Å². The molecule has 11 heteroatoms. The average molecular weight is 729 g/mol. The van der Waals surface area contributed by atoms with E-state index in [0.29, 0.717) is 25.9 Å². The minimum absolute atomic E-state index is 0.291. The molecule has 2 aromatic rings.